The summed E-state index contributed by atoms with van der Waals surface area (Å²) in [6.45, 7) is 3.19. The van der Waals surface area contributed by atoms with E-state index in [4.69, 9.17) is 5.73 Å². The maximum atomic E-state index is 12.7. The van der Waals surface area contributed by atoms with E-state index < -0.39 is 12.0 Å². The van der Waals surface area contributed by atoms with Crippen LogP contribution in [-0.4, -0.2) is 67.9 Å². The lowest BCUT2D eigenvalue weighted by Crippen LogP contribution is -2.41. The predicted molar refractivity (Wildman–Crippen MR) is 110 cm³/mol. The quantitative estimate of drug-likeness (QED) is 0.355. The number of esters is 1. The molecular weight excluding hydrogens is 388 g/mol. The molecule has 0 saturated carbocycles. The fourth-order valence-corrected chi connectivity index (χ4v) is 3.95. The number of nitrogens with two attached hydrogens (primary N) is 1. The number of imide groups is 1. The Labute approximate surface area is 175 Å². The Bertz CT molecular complexity index is 802. The summed E-state index contributed by atoms with van der Waals surface area (Å²) in [7, 11) is 1.29. The van der Waals surface area contributed by atoms with Crippen LogP contribution < -0.4 is 16.0 Å². The molecule has 30 heavy (non-hydrogen) atoms. The summed E-state index contributed by atoms with van der Waals surface area (Å²) in [6, 6.07) is 5.66. The maximum Gasteiger partial charge on any atom is 0.337 e. The van der Waals surface area contributed by atoms with Gasteiger partial charge in [-0.3, -0.25) is 14.4 Å². The van der Waals surface area contributed by atoms with Crippen LogP contribution in [0.2, 0.25) is 0 Å². The molecule has 3 N–H and O–H groups in total. The van der Waals surface area contributed by atoms with Crippen molar-refractivity contribution in [1.82, 2.24) is 10.2 Å². The molecule has 9 heteroatoms. The molecule has 0 aliphatic carbocycles. The molecule has 2 heterocycles. The van der Waals surface area contributed by atoms with Crippen LogP contribution in [0.25, 0.3) is 0 Å². The molecule has 2 fully saturated rings. The summed E-state index contributed by atoms with van der Waals surface area (Å²) in [5.74, 6) is -1.26. The van der Waals surface area contributed by atoms with Crippen molar-refractivity contribution < 1.29 is 23.9 Å². The minimum atomic E-state index is -0.543. The second-order valence-corrected chi connectivity index (χ2v) is 7.69. The Balaban J connectivity index is 1.45. The topological polar surface area (TPSA) is 122 Å². The number of hydrogen-bond donors (Lipinski definition) is 2. The maximum absolute atomic E-state index is 12.7. The zero-order valence-electron chi connectivity index (χ0n) is 17.1. The molecule has 2 aliphatic heterocycles. The second kappa shape index (κ2) is 9.82. The van der Waals surface area contributed by atoms with Crippen LogP contribution in [-0.2, 0) is 19.1 Å². The van der Waals surface area contributed by atoms with E-state index in [2.05, 4.69) is 15.0 Å². The summed E-state index contributed by atoms with van der Waals surface area (Å²) in [6.07, 6.45) is 2.54. The average molecular weight is 416 g/mol. The molecule has 2 saturated heterocycles. The highest BCUT2D eigenvalue weighted by atomic mass is 16.5. The largest absolute Gasteiger partial charge is 0.465 e. The fraction of sp³-hybridized carbons (Fsp3) is 0.524. The molecule has 162 valence electrons. The lowest BCUT2D eigenvalue weighted by molar-refractivity contribution is -0.123. The highest BCUT2D eigenvalue weighted by molar-refractivity contribution is 6.22. The summed E-state index contributed by atoms with van der Waals surface area (Å²) >= 11 is 0. The number of carbonyl (C=O) groups excluding carboxylic acids is 4. The number of piperidine rings is 1. The van der Waals surface area contributed by atoms with Crippen LogP contribution in [0.3, 0.4) is 0 Å². The van der Waals surface area contributed by atoms with Crippen molar-refractivity contribution in [2.24, 2.45) is 11.7 Å². The van der Waals surface area contributed by atoms with E-state index in [0.29, 0.717) is 17.8 Å². The van der Waals surface area contributed by atoms with Gasteiger partial charge in [0.05, 0.1) is 30.8 Å². The summed E-state index contributed by atoms with van der Waals surface area (Å²) < 4.78 is 4.65. The number of primary amides is 1. The van der Waals surface area contributed by atoms with Crippen LogP contribution >= 0.6 is 0 Å². The molecular formula is C21H28N4O5. The van der Waals surface area contributed by atoms with E-state index in [1.807, 2.05) is 0 Å². The second-order valence-electron chi connectivity index (χ2n) is 7.69. The zero-order chi connectivity index (χ0) is 21.7. The first-order valence-corrected chi connectivity index (χ1v) is 10.2. The SMILES string of the molecule is COC(=O)c1ccc(N2C(=O)C[C@@H](NCCCN3CCC(C(N)=O)CC3)C2=O)cc1. The van der Waals surface area contributed by atoms with Crippen molar-refractivity contribution in [2.45, 2.75) is 31.7 Å². The molecule has 3 amide bonds. The highest BCUT2D eigenvalue weighted by Gasteiger charge is 2.39. The lowest BCUT2D eigenvalue weighted by Gasteiger charge is -2.30. The lowest BCUT2D eigenvalue weighted by atomic mass is 9.96. The monoisotopic (exact) mass is 416 g/mol. The number of methoxy groups -OCH3 is 1. The average Bonchev–Trinajstić information content (AvgIpc) is 3.04. The van der Waals surface area contributed by atoms with Gasteiger partial charge in [-0.05, 0) is 69.7 Å². The number of anilines is 1. The van der Waals surface area contributed by atoms with Crippen LogP contribution in [0.4, 0.5) is 5.69 Å². The van der Waals surface area contributed by atoms with Crippen LogP contribution in [0.5, 0.6) is 0 Å². The van der Waals surface area contributed by atoms with Crippen LogP contribution in [0.1, 0.15) is 36.0 Å². The number of likely N-dealkylation sites (tertiary alicyclic amines) is 1. The van der Waals surface area contributed by atoms with Crippen molar-refractivity contribution >= 4 is 29.4 Å². The molecule has 3 rings (SSSR count). The minimum absolute atomic E-state index is 0.0193. The minimum Gasteiger partial charge on any atom is -0.465 e. The normalized spacial score (nSPS) is 20.6. The molecule has 1 aromatic carbocycles. The van der Waals surface area contributed by atoms with Crippen molar-refractivity contribution in [1.29, 1.82) is 0 Å². The number of benzene rings is 1. The smallest absolute Gasteiger partial charge is 0.337 e. The number of nitrogens with zero attached hydrogens (tertiary/aromatic N) is 2. The van der Waals surface area contributed by atoms with Gasteiger partial charge < -0.3 is 20.7 Å². The molecule has 0 unspecified atom stereocenters. The zero-order valence-corrected chi connectivity index (χ0v) is 17.1. The molecule has 0 spiro atoms. The van der Waals surface area contributed by atoms with Crippen LogP contribution in [0, 0.1) is 5.92 Å². The highest BCUT2D eigenvalue weighted by Crippen LogP contribution is 2.23. The van der Waals surface area contributed by atoms with Gasteiger partial charge in [0.15, 0.2) is 0 Å². The van der Waals surface area contributed by atoms with Crippen molar-refractivity contribution in [2.75, 3.05) is 38.2 Å². The number of rotatable bonds is 8. The van der Waals surface area contributed by atoms with Gasteiger partial charge in [0.1, 0.15) is 0 Å². The van der Waals surface area contributed by atoms with E-state index in [9.17, 15) is 19.2 Å². The molecule has 2 aliphatic rings. The Morgan fingerprint density at radius 3 is 2.43 bits per heavy atom. The van der Waals surface area contributed by atoms with Gasteiger partial charge in [0, 0.05) is 5.92 Å². The van der Waals surface area contributed by atoms with Gasteiger partial charge >= 0.3 is 5.97 Å². The fourth-order valence-electron chi connectivity index (χ4n) is 3.95. The van der Waals surface area contributed by atoms with Gasteiger partial charge in [0.25, 0.3) is 5.91 Å². The number of nitrogens with one attached hydrogen (secondary N) is 1. The first kappa shape index (κ1) is 21.9. The Morgan fingerprint density at radius 2 is 1.83 bits per heavy atom. The first-order chi connectivity index (χ1) is 14.4. The van der Waals surface area contributed by atoms with Crippen LogP contribution in [0.15, 0.2) is 24.3 Å². The van der Waals surface area contributed by atoms with E-state index >= 15 is 0 Å². The number of carbonyl (C=O) groups is 4. The molecule has 0 radical (unpaired) electrons. The van der Waals surface area contributed by atoms with Crippen molar-refractivity contribution in [3.63, 3.8) is 0 Å². The van der Waals surface area contributed by atoms with Gasteiger partial charge in [-0.1, -0.05) is 0 Å². The third kappa shape index (κ3) is 5.03. The van der Waals surface area contributed by atoms with Gasteiger partial charge in [-0.15, -0.1) is 0 Å². The predicted octanol–water partition coefficient (Wildman–Crippen LogP) is 0.282. The Morgan fingerprint density at radius 1 is 1.17 bits per heavy atom. The van der Waals surface area contributed by atoms with E-state index in [1.165, 1.54) is 19.2 Å². The summed E-state index contributed by atoms with van der Waals surface area (Å²) in [5.41, 5.74) is 6.16. The van der Waals surface area contributed by atoms with Crippen molar-refractivity contribution in [3.05, 3.63) is 29.8 Å². The standard InChI is InChI=1S/C21H28N4O5/c1-30-21(29)15-3-5-16(6-4-15)25-18(26)13-17(20(25)28)23-9-2-10-24-11-7-14(8-12-24)19(22)27/h3-6,14,17,23H,2,7-13H2,1H3,(H2,22,27)/t17-/m1/s1. The number of hydrogen-bond acceptors (Lipinski definition) is 7. The van der Waals surface area contributed by atoms with Crippen molar-refractivity contribution in [3.8, 4) is 0 Å². The molecule has 1 aromatic rings. The first-order valence-electron chi connectivity index (χ1n) is 10.2. The van der Waals surface area contributed by atoms with Gasteiger partial charge in [0.2, 0.25) is 11.8 Å². The van der Waals surface area contributed by atoms with Gasteiger partial charge in [-0.25, -0.2) is 9.69 Å². The van der Waals surface area contributed by atoms with E-state index in [-0.39, 0.29) is 30.1 Å². The summed E-state index contributed by atoms with van der Waals surface area (Å²) in [5, 5.41) is 3.18. The van der Waals surface area contributed by atoms with E-state index in [1.54, 1.807) is 12.1 Å². The molecule has 9 nitrogen and oxygen atoms in total. The van der Waals surface area contributed by atoms with E-state index in [0.717, 1.165) is 43.8 Å². The Kier molecular flexibility index (Phi) is 7.17. The molecule has 0 bridgehead atoms. The molecule has 0 aromatic heterocycles. The number of amides is 3. The summed E-state index contributed by atoms with van der Waals surface area (Å²) in [4.78, 5) is 51.3. The van der Waals surface area contributed by atoms with Gasteiger partial charge in [-0.2, -0.15) is 0 Å². The third-order valence-corrected chi connectivity index (χ3v) is 5.73. The third-order valence-electron chi connectivity index (χ3n) is 5.73. The molecule has 1 atom stereocenters. The Hall–Kier alpha value is -2.78. The number of ether oxygens (including phenoxy) is 1.